The maximum Gasteiger partial charge on any atom is 0.251 e. The fourth-order valence-electron chi connectivity index (χ4n) is 3.30. The van der Waals surface area contributed by atoms with Gasteiger partial charge in [0.1, 0.15) is 11.5 Å². The highest BCUT2D eigenvalue weighted by atomic mass is 16.2. The molecular weight excluding hydrogens is 368 g/mol. The molecule has 0 radical (unpaired) electrons. The summed E-state index contributed by atoms with van der Waals surface area (Å²) in [5.41, 5.74) is 3.11. The number of fused-ring (bicyclic) bond motifs is 1. The molecule has 1 aromatic carbocycles. The molecule has 0 bridgehead atoms. The number of H-pyrrole nitrogens is 1. The van der Waals surface area contributed by atoms with Crippen molar-refractivity contribution in [1.29, 1.82) is 0 Å². The molecule has 8 heteroatoms. The van der Waals surface area contributed by atoms with Crippen LogP contribution in [0.4, 0.5) is 5.69 Å². The number of anilines is 1. The van der Waals surface area contributed by atoms with Gasteiger partial charge in [0, 0.05) is 17.4 Å². The van der Waals surface area contributed by atoms with Crippen molar-refractivity contribution >= 4 is 17.5 Å². The predicted octanol–water partition coefficient (Wildman–Crippen LogP) is 2.90. The Morgan fingerprint density at radius 2 is 2.00 bits per heavy atom. The molecule has 4 rings (SSSR count). The second-order valence-corrected chi connectivity index (χ2v) is 7.80. The molecule has 1 unspecified atom stereocenters. The molecule has 2 amide bonds. The number of aromatic amines is 1. The van der Waals surface area contributed by atoms with E-state index in [9.17, 15) is 9.59 Å². The predicted molar refractivity (Wildman–Crippen MR) is 108 cm³/mol. The molecule has 148 valence electrons. The van der Waals surface area contributed by atoms with Crippen LogP contribution in [0.5, 0.6) is 0 Å². The van der Waals surface area contributed by atoms with Crippen LogP contribution in [-0.2, 0) is 10.2 Å². The standard InChI is InChI=1S/C21H22N6O2/c1-11-7-8-22-16(9-11)18-25-17(26-27-18)12(2)23-19(28)13-5-6-15-14(10-13)21(3,4)20(29)24-15/h5-10,12H,1-4H3,(H,23,28)(H,24,29)(H,25,26,27). The van der Waals surface area contributed by atoms with E-state index >= 15 is 0 Å². The minimum Gasteiger partial charge on any atom is -0.342 e. The lowest BCUT2D eigenvalue weighted by molar-refractivity contribution is -0.119. The van der Waals surface area contributed by atoms with E-state index in [1.807, 2.05) is 39.8 Å². The summed E-state index contributed by atoms with van der Waals surface area (Å²) >= 11 is 0. The monoisotopic (exact) mass is 390 g/mol. The zero-order valence-corrected chi connectivity index (χ0v) is 16.7. The topological polar surface area (TPSA) is 113 Å². The van der Waals surface area contributed by atoms with Crippen molar-refractivity contribution in [2.24, 2.45) is 0 Å². The van der Waals surface area contributed by atoms with Gasteiger partial charge in [-0.3, -0.25) is 19.7 Å². The first-order valence-corrected chi connectivity index (χ1v) is 9.38. The first-order chi connectivity index (χ1) is 13.8. The minimum atomic E-state index is -0.669. The summed E-state index contributed by atoms with van der Waals surface area (Å²) in [4.78, 5) is 33.6. The van der Waals surface area contributed by atoms with Crippen molar-refractivity contribution in [3.05, 3.63) is 59.0 Å². The van der Waals surface area contributed by atoms with Crippen LogP contribution in [-0.4, -0.2) is 32.0 Å². The van der Waals surface area contributed by atoms with Gasteiger partial charge in [0.25, 0.3) is 5.91 Å². The highest BCUT2D eigenvalue weighted by Gasteiger charge is 2.38. The number of nitrogens with one attached hydrogen (secondary N) is 3. The van der Waals surface area contributed by atoms with Crippen LogP contribution < -0.4 is 10.6 Å². The highest BCUT2D eigenvalue weighted by molar-refractivity contribution is 6.07. The maximum absolute atomic E-state index is 12.8. The summed E-state index contributed by atoms with van der Waals surface area (Å²) in [7, 11) is 0. The molecular formula is C21H22N6O2. The molecule has 3 aromatic rings. The number of rotatable bonds is 4. The summed E-state index contributed by atoms with van der Waals surface area (Å²) in [5, 5.41) is 12.8. The Bertz CT molecular complexity index is 1120. The number of hydrogen-bond acceptors (Lipinski definition) is 5. The van der Waals surface area contributed by atoms with Gasteiger partial charge in [0.2, 0.25) is 5.91 Å². The largest absolute Gasteiger partial charge is 0.342 e. The Balaban J connectivity index is 1.51. The lowest BCUT2D eigenvalue weighted by Crippen LogP contribution is -2.28. The fraction of sp³-hybridized carbons (Fsp3) is 0.286. The third kappa shape index (κ3) is 3.37. The Morgan fingerprint density at radius 3 is 2.76 bits per heavy atom. The van der Waals surface area contributed by atoms with Gasteiger partial charge in [-0.2, -0.15) is 5.10 Å². The van der Waals surface area contributed by atoms with E-state index in [2.05, 4.69) is 30.8 Å². The molecule has 8 nitrogen and oxygen atoms in total. The van der Waals surface area contributed by atoms with Gasteiger partial charge in [-0.05, 0) is 69.2 Å². The summed E-state index contributed by atoms with van der Waals surface area (Å²) < 4.78 is 0. The van der Waals surface area contributed by atoms with E-state index in [4.69, 9.17) is 0 Å². The lowest BCUT2D eigenvalue weighted by Gasteiger charge is -2.16. The van der Waals surface area contributed by atoms with E-state index in [0.717, 1.165) is 16.8 Å². The number of aromatic nitrogens is 4. The van der Waals surface area contributed by atoms with Crippen LogP contribution in [0.25, 0.3) is 11.5 Å². The number of aryl methyl sites for hydroxylation is 1. The second-order valence-electron chi connectivity index (χ2n) is 7.80. The van der Waals surface area contributed by atoms with Crippen molar-refractivity contribution in [2.45, 2.75) is 39.2 Å². The number of carbonyl (C=O) groups is 2. The average molecular weight is 390 g/mol. The Kier molecular flexibility index (Phi) is 4.41. The van der Waals surface area contributed by atoms with Crippen molar-refractivity contribution in [1.82, 2.24) is 25.5 Å². The maximum atomic E-state index is 12.8. The van der Waals surface area contributed by atoms with Gasteiger partial charge < -0.3 is 10.6 Å². The minimum absolute atomic E-state index is 0.0719. The van der Waals surface area contributed by atoms with Crippen molar-refractivity contribution in [3.63, 3.8) is 0 Å². The smallest absolute Gasteiger partial charge is 0.251 e. The van der Waals surface area contributed by atoms with Gasteiger partial charge in [-0.25, -0.2) is 4.98 Å². The molecule has 0 aliphatic carbocycles. The van der Waals surface area contributed by atoms with E-state index < -0.39 is 5.41 Å². The Labute approximate surface area is 168 Å². The molecule has 29 heavy (non-hydrogen) atoms. The number of nitrogens with zero attached hydrogens (tertiary/aromatic N) is 3. The van der Waals surface area contributed by atoms with E-state index in [1.54, 1.807) is 24.4 Å². The number of amides is 2. The molecule has 3 heterocycles. The molecule has 0 spiro atoms. The lowest BCUT2D eigenvalue weighted by atomic mass is 9.85. The second kappa shape index (κ2) is 6.80. The Hall–Kier alpha value is -3.55. The molecule has 1 aliphatic rings. The van der Waals surface area contributed by atoms with Crippen LogP contribution in [0.1, 0.15) is 54.1 Å². The van der Waals surface area contributed by atoms with Crippen molar-refractivity contribution in [3.8, 4) is 11.5 Å². The number of carbonyl (C=O) groups excluding carboxylic acids is 2. The van der Waals surface area contributed by atoms with E-state index in [1.165, 1.54) is 0 Å². The zero-order chi connectivity index (χ0) is 20.8. The SMILES string of the molecule is Cc1ccnc(-c2n[nH]c(C(C)NC(=O)c3ccc4c(c3)C(C)(C)C(=O)N4)n2)c1. The van der Waals surface area contributed by atoms with Gasteiger partial charge in [-0.15, -0.1) is 0 Å². The quantitative estimate of drug-likeness (QED) is 0.634. The van der Waals surface area contributed by atoms with Gasteiger partial charge in [0.15, 0.2) is 5.82 Å². The van der Waals surface area contributed by atoms with Crippen LogP contribution >= 0.6 is 0 Å². The Morgan fingerprint density at radius 1 is 1.21 bits per heavy atom. The van der Waals surface area contributed by atoms with Crippen LogP contribution in [0.15, 0.2) is 36.5 Å². The van der Waals surface area contributed by atoms with E-state index in [0.29, 0.717) is 22.9 Å². The molecule has 1 atom stereocenters. The number of benzene rings is 1. The van der Waals surface area contributed by atoms with Gasteiger partial charge >= 0.3 is 0 Å². The molecule has 2 aromatic heterocycles. The average Bonchev–Trinajstić information content (AvgIpc) is 3.26. The molecule has 0 saturated heterocycles. The van der Waals surface area contributed by atoms with Crippen molar-refractivity contribution in [2.75, 3.05) is 5.32 Å². The molecule has 0 fully saturated rings. The van der Waals surface area contributed by atoms with Crippen LogP contribution in [0.3, 0.4) is 0 Å². The zero-order valence-electron chi connectivity index (χ0n) is 16.7. The third-order valence-corrected chi connectivity index (χ3v) is 5.18. The molecule has 0 saturated carbocycles. The summed E-state index contributed by atoms with van der Waals surface area (Å²) in [5.74, 6) is 0.697. The normalized spacial score (nSPS) is 15.5. The first-order valence-electron chi connectivity index (χ1n) is 9.38. The molecule has 1 aliphatic heterocycles. The number of hydrogen-bond donors (Lipinski definition) is 3. The third-order valence-electron chi connectivity index (χ3n) is 5.18. The summed E-state index contributed by atoms with van der Waals surface area (Å²) in [6.45, 7) is 7.48. The summed E-state index contributed by atoms with van der Waals surface area (Å²) in [6, 6.07) is 8.65. The van der Waals surface area contributed by atoms with Crippen LogP contribution in [0.2, 0.25) is 0 Å². The fourth-order valence-corrected chi connectivity index (χ4v) is 3.30. The molecule has 3 N–H and O–H groups in total. The first kappa shape index (κ1) is 18.8. The van der Waals surface area contributed by atoms with E-state index in [-0.39, 0.29) is 17.9 Å². The van der Waals surface area contributed by atoms with Gasteiger partial charge in [0.05, 0.1) is 11.5 Å². The van der Waals surface area contributed by atoms with Crippen LogP contribution in [0, 0.1) is 6.92 Å². The van der Waals surface area contributed by atoms with Gasteiger partial charge in [-0.1, -0.05) is 0 Å². The summed E-state index contributed by atoms with van der Waals surface area (Å²) in [6.07, 6.45) is 1.71. The van der Waals surface area contributed by atoms with Crippen molar-refractivity contribution < 1.29 is 9.59 Å². The highest BCUT2D eigenvalue weighted by Crippen LogP contribution is 2.37. The number of pyridine rings is 1.